The Kier molecular flexibility index (Phi) is 10.4. The number of nitrogens with one attached hydrogen (secondary N) is 2. The van der Waals surface area contributed by atoms with E-state index in [1.54, 1.807) is 69.2 Å². The lowest BCUT2D eigenvalue weighted by molar-refractivity contribution is -0.120. The van der Waals surface area contributed by atoms with E-state index in [1.165, 1.54) is 21.9 Å². The average Bonchev–Trinajstić information content (AvgIpc) is 4.11. The van der Waals surface area contributed by atoms with Gasteiger partial charge < -0.3 is 10.6 Å². The number of fused-ring (bicyclic) bond motifs is 4. The van der Waals surface area contributed by atoms with E-state index in [9.17, 15) is 28.0 Å². The molecule has 4 aromatic heterocycles. The van der Waals surface area contributed by atoms with E-state index in [2.05, 4.69) is 41.0 Å². The van der Waals surface area contributed by atoms with Crippen LogP contribution in [0, 0.1) is 25.5 Å². The Morgan fingerprint density at radius 3 is 1.42 bits per heavy atom. The zero-order valence-electron chi connectivity index (χ0n) is 34.5. The summed E-state index contributed by atoms with van der Waals surface area (Å²) in [6, 6.07) is 14.8. The van der Waals surface area contributed by atoms with Crippen LogP contribution in [0.2, 0.25) is 0 Å². The molecule has 0 aliphatic carbocycles. The summed E-state index contributed by atoms with van der Waals surface area (Å²) in [5, 5.41) is 23.0. The van der Waals surface area contributed by atoms with Gasteiger partial charge in [-0.15, -0.1) is 10.2 Å². The fraction of sp³-hybridized carbons (Fsp3) is 0.381. The lowest BCUT2D eigenvalue weighted by Crippen LogP contribution is -2.47. The van der Waals surface area contributed by atoms with Gasteiger partial charge in [0.05, 0.1) is 23.5 Å². The summed E-state index contributed by atoms with van der Waals surface area (Å²) in [6.07, 6.45) is 3.38. The number of amides is 4. The van der Waals surface area contributed by atoms with Crippen LogP contribution in [0.5, 0.6) is 0 Å². The molecule has 0 unspecified atom stereocenters. The van der Waals surface area contributed by atoms with Gasteiger partial charge in [-0.05, 0) is 51.7 Å². The molecule has 6 aromatic rings. The molecule has 4 aliphatic rings. The minimum Gasteiger partial charge on any atom is -0.337 e. The lowest BCUT2D eigenvalue weighted by Gasteiger charge is -2.20. The van der Waals surface area contributed by atoms with Crippen molar-refractivity contribution < 1.29 is 28.0 Å². The van der Waals surface area contributed by atoms with Crippen molar-refractivity contribution in [1.29, 1.82) is 0 Å². The highest BCUT2D eigenvalue weighted by Gasteiger charge is 2.36. The van der Waals surface area contributed by atoms with Crippen molar-refractivity contribution >= 4 is 35.3 Å². The van der Waals surface area contributed by atoms with Crippen molar-refractivity contribution in [1.82, 2.24) is 59.7 Å². The highest BCUT2D eigenvalue weighted by molar-refractivity contribution is 6.01. The molecule has 0 saturated carbocycles. The maximum atomic E-state index is 14.2. The van der Waals surface area contributed by atoms with Crippen molar-refractivity contribution in [3.8, 4) is 0 Å². The number of likely N-dealkylation sites (N-methyl/N-ethyl adjacent to an activating group) is 2. The predicted octanol–water partition coefficient (Wildman–Crippen LogP) is 3.25. The van der Waals surface area contributed by atoms with Crippen LogP contribution in [0.3, 0.4) is 0 Å². The van der Waals surface area contributed by atoms with Crippen LogP contribution in [0.1, 0.15) is 93.2 Å². The third-order valence-corrected chi connectivity index (χ3v) is 11.8. The standard InChI is InChI=1S/2C21H22FN7O2/c2*1-12-11-18-27(2)21(31)15(9-10-28(18)25-12)23-20(30)19-24-17-8-7-16(29(17)26-19)13-5-3-4-6-14(13)22/h2*3-6,11,15-16H,7-10H2,1-2H3,(H,23,30)/t15-,16+;15-,16-/m00/s1. The molecule has 10 rings (SSSR count). The fourth-order valence-electron chi connectivity index (χ4n) is 8.67. The topological polar surface area (TPSA) is 196 Å². The highest BCUT2D eigenvalue weighted by atomic mass is 19.1. The first-order chi connectivity index (χ1) is 29.8. The molecule has 0 saturated heterocycles. The van der Waals surface area contributed by atoms with Crippen molar-refractivity contribution in [3.63, 3.8) is 0 Å². The number of hydrogen-bond donors (Lipinski definition) is 2. The molecule has 18 nitrogen and oxygen atoms in total. The van der Waals surface area contributed by atoms with Crippen LogP contribution in [0.15, 0.2) is 60.7 Å². The Balaban J connectivity index is 0.000000158. The van der Waals surface area contributed by atoms with Gasteiger partial charge in [-0.25, -0.2) is 37.5 Å². The van der Waals surface area contributed by atoms with Gasteiger partial charge in [-0.1, -0.05) is 36.4 Å². The van der Waals surface area contributed by atoms with Crippen LogP contribution in [-0.2, 0) is 35.5 Å². The fourth-order valence-corrected chi connectivity index (χ4v) is 8.67. The van der Waals surface area contributed by atoms with E-state index in [4.69, 9.17) is 0 Å². The largest absolute Gasteiger partial charge is 0.337 e. The first-order valence-corrected chi connectivity index (χ1v) is 20.5. The first-order valence-electron chi connectivity index (χ1n) is 20.5. The number of carbonyl (C=O) groups excluding carboxylic acids is 4. The second-order valence-corrected chi connectivity index (χ2v) is 15.9. The molecule has 0 fully saturated rings. The monoisotopic (exact) mass is 846 g/mol. The third-order valence-electron chi connectivity index (χ3n) is 11.8. The molecule has 4 aliphatic heterocycles. The summed E-state index contributed by atoms with van der Waals surface area (Å²) in [6.45, 7) is 4.76. The third kappa shape index (κ3) is 7.38. The van der Waals surface area contributed by atoms with Crippen LogP contribution in [0.25, 0.3) is 0 Å². The Morgan fingerprint density at radius 2 is 1.02 bits per heavy atom. The number of anilines is 2. The number of hydrogen-bond acceptors (Lipinski definition) is 10. The minimum atomic E-state index is -0.708. The molecule has 20 heteroatoms. The normalized spacial score (nSPS) is 20.4. The number of nitrogens with zero attached hydrogens (tertiary/aromatic N) is 12. The Hall–Kier alpha value is -7.12. The van der Waals surface area contributed by atoms with Gasteiger partial charge in [0, 0.05) is 63.3 Å². The molecule has 2 aromatic carbocycles. The Bertz CT molecular complexity index is 2550. The summed E-state index contributed by atoms with van der Waals surface area (Å²) < 4.78 is 35.3. The number of aromatic nitrogens is 10. The molecule has 0 spiro atoms. The van der Waals surface area contributed by atoms with E-state index in [0.29, 0.717) is 86.0 Å². The molecule has 4 atom stereocenters. The van der Waals surface area contributed by atoms with Gasteiger partial charge >= 0.3 is 0 Å². The second-order valence-electron chi connectivity index (χ2n) is 15.9. The molecule has 0 radical (unpaired) electrons. The molecular formula is C42H44F2N14O4. The smallest absolute Gasteiger partial charge is 0.291 e. The number of benzene rings is 2. The van der Waals surface area contributed by atoms with Gasteiger partial charge in [0.15, 0.2) is 0 Å². The van der Waals surface area contributed by atoms with Gasteiger partial charge in [0.2, 0.25) is 11.6 Å². The maximum absolute atomic E-state index is 14.2. The van der Waals surface area contributed by atoms with Crippen LogP contribution in [0.4, 0.5) is 20.4 Å². The van der Waals surface area contributed by atoms with E-state index in [1.807, 2.05) is 26.0 Å². The van der Waals surface area contributed by atoms with Crippen LogP contribution >= 0.6 is 0 Å². The molecule has 62 heavy (non-hydrogen) atoms. The lowest BCUT2D eigenvalue weighted by atomic mass is 10.0. The van der Waals surface area contributed by atoms with Gasteiger partial charge in [-0.2, -0.15) is 10.2 Å². The average molecular weight is 847 g/mol. The van der Waals surface area contributed by atoms with Gasteiger partial charge in [-0.3, -0.25) is 29.0 Å². The van der Waals surface area contributed by atoms with Crippen molar-refractivity contribution in [3.05, 3.63) is 118 Å². The predicted molar refractivity (Wildman–Crippen MR) is 218 cm³/mol. The molecule has 0 bridgehead atoms. The summed E-state index contributed by atoms with van der Waals surface area (Å²) in [4.78, 5) is 63.1. The Morgan fingerprint density at radius 1 is 0.613 bits per heavy atom. The van der Waals surface area contributed by atoms with E-state index in [-0.39, 0.29) is 47.2 Å². The summed E-state index contributed by atoms with van der Waals surface area (Å²) in [5.41, 5.74) is 2.73. The number of halogens is 2. The van der Waals surface area contributed by atoms with E-state index >= 15 is 0 Å². The SMILES string of the molecule is Cc1cc2n(n1)CC[C@H](NC(=O)c1nc3n(n1)[C@@H](c1ccccc1F)CC3)C(=O)N2C.Cc1cc2n(n1)CC[C@H](NC(=O)c1nc3n(n1)[C@H](c1ccccc1F)CC3)C(=O)N2C. The molecule has 2 N–H and O–H groups in total. The second kappa shape index (κ2) is 16.1. The molecule has 4 amide bonds. The van der Waals surface area contributed by atoms with Gasteiger partial charge in [0.1, 0.15) is 47.0 Å². The summed E-state index contributed by atoms with van der Waals surface area (Å²) in [7, 11) is 3.34. The number of aryl methyl sites for hydroxylation is 6. The van der Waals surface area contributed by atoms with Crippen molar-refractivity contribution in [2.24, 2.45) is 0 Å². The number of rotatable bonds is 6. The van der Waals surface area contributed by atoms with E-state index < -0.39 is 23.9 Å². The maximum Gasteiger partial charge on any atom is 0.291 e. The molecule has 8 heterocycles. The van der Waals surface area contributed by atoms with Gasteiger partial charge in [0.25, 0.3) is 23.6 Å². The molecular weight excluding hydrogens is 803 g/mol. The highest BCUT2D eigenvalue weighted by Crippen LogP contribution is 2.33. The van der Waals surface area contributed by atoms with Crippen LogP contribution < -0.4 is 20.4 Å². The zero-order valence-corrected chi connectivity index (χ0v) is 34.5. The number of carbonyl (C=O) groups is 4. The summed E-state index contributed by atoms with van der Waals surface area (Å²) >= 11 is 0. The van der Waals surface area contributed by atoms with Crippen molar-refractivity contribution in [2.75, 3.05) is 23.9 Å². The summed E-state index contributed by atoms with van der Waals surface area (Å²) in [5.74, 6) is 0.574. The van der Waals surface area contributed by atoms with Crippen LogP contribution in [-0.4, -0.2) is 98.9 Å². The molecule has 320 valence electrons. The van der Waals surface area contributed by atoms with Crippen molar-refractivity contribution in [2.45, 2.75) is 89.6 Å². The first kappa shape index (κ1) is 40.3. The quantitative estimate of drug-likeness (QED) is 0.251. The van der Waals surface area contributed by atoms with E-state index in [0.717, 1.165) is 11.4 Å². The zero-order chi connectivity index (χ0) is 43.4. The Labute approximate surface area is 353 Å². The minimum absolute atomic E-state index is 0.00989.